The highest BCUT2D eigenvalue weighted by molar-refractivity contribution is 7.92. The van der Waals surface area contributed by atoms with E-state index in [-0.39, 0.29) is 10.5 Å². The average molecular weight is 383 g/mol. The van der Waals surface area contributed by atoms with E-state index in [1.165, 1.54) is 0 Å². The molecule has 0 spiro atoms. The van der Waals surface area contributed by atoms with E-state index in [9.17, 15) is 13.2 Å². The summed E-state index contributed by atoms with van der Waals surface area (Å²) >= 11 is 0. The molecule has 1 heterocycles. The van der Waals surface area contributed by atoms with Crippen LogP contribution in [0, 0.1) is 6.92 Å². The number of aryl methyl sites for hydroxylation is 2. The van der Waals surface area contributed by atoms with E-state index in [0.29, 0.717) is 17.7 Å². The average Bonchev–Trinajstić information content (AvgIpc) is 2.65. The van der Waals surface area contributed by atoms with Crippen LogP contribution >= 0.6 is 0 Å². The van der Waals surface area contributed by atoms with Gasteiger partial charge in [-0.15, -0.1) is 0 Å². The Morgan fingerprint density at radius 1 is 1.00 bits per heavy atom. The molecule has 0 saturated heterocycles. The summed E-state index contributed by atoms with van der Waals surface area (Å²) in [4.78, 5) is 12.0. The maximum absolute atomic E-state index is 12.6. The van der Waals surface area contributed by atoms with E-state index in [4.69, 9.17) is 0 Å². The predicted molar refractivity (Wildman–Crippen MR) is 105 cm³/mol. The van der Waals surface area contributed by atoms with E-state index in [1.807, 2.05) is 19.1 Å². The molecule has 0 saturated carbocycles. The van der Waals surface area contributed by atoms with Crippen molar-refractivity contribution in [2.75, 3.05) is 4.72 Å². The van der Waals surface area contributed by atoms with Crippen LogP contribution < -0.4 is 10.3 Å². The van der Waals surface area contributed by atoms with Gasteiger partial charge in [-0.05, 0) is 54.8 Å². The highest BCUT2D eigenvalue weighted by atomic mass is 32.2. The molecule has 2 aromatic carbocycles. The number of nitrogens with zero attached hydrogens (tertiary/aromatic N) is 1. The summed E-state index contributed by atoms with van der Waals surface area (Å²) in [5.74, 6) is 0. The minimum atomic E-state index is -3.67. The second-order valence-electron chi connectivity index (χ2n) is 6.34. The fourth-order valence-electron chi connectivity index (χ4n) is 2.72. The summed E-state index contributed by atoms with van der Waals surface area (Å²) in [6.07, 6.45) is 1.30. The lowest BCUT2D eigenvalue weighted by molar-refractivity contribution is 0.601. The summed E-state index contributed by atoms with van der Waals surface area (Å²) < 4.78 is 27.7. The molecule has 2 N–H and O–H groups in total. The molecule has 0 atom stereocenters. The van der Waals surface area contributed by atoms with E-state index in [2.05, 4.69) is 14.9 Å². The van der Waals surface area contributed by atoms with Crippen molar-refractivity contribution in [3.63, 3.8) is 0 Å². The molecule has 0 radical (unpaired) electrons. The first-order chi connectivity index (χ1) is 12.9. The third-order valence-electron chi connectivity index (χ3n) is 4.25. The van der Waals surface area contributed by atoms with Crippen molar-refractivity contribution in [2.45, 2.75) is 31.6 Å². The van der Waals surface area contributed by atoms with Crippen molar-refractivity contribution in [2.24, 2.45) is 0 Å². The van der Waals surface area contributed by atoms with Crippen LogP contribution in [0.1, 0.15) is 29.3 Å². The van der Waals surface area contributed by atoms with Crippen LogP contribution in [0.25, 0.3) is 0 Å². The Kier molecular flexibility index (Phi) is 5.41. The number of rotatable bonds is 6. The molecule has 27 heavy (non-hydrogen) atoms. The Hall–Kier alpha value is -2.93. The number of H-pyrrole nitrogens is 1. The second kappa shape index (κ2) is 7.75. The highest BCUT2D eigenvalue weighted by Crippen LogP contribution is 2.18. The van der Waals surface area contributed by atoms with E-state index >= 15 is 0 Å². The Morgan fingerprint density at radius 3 is 2.26 bits per heavy atom. The molecule has 7 heteroatoms. The Balaban J connectivity index is 1.77. The van der Waals surface area contributed by atoms with Gasteiger partial charge in [-0.3, -0.25) is 9.52 Å². The quantitative estimate of drug-likeness (QED) is 0.684. The van der Waals surface area contributed by atoms with Gasteiger partial charge in [-0.2, -0.15) is 5.10 Å². The summed E-state index contributed by atoms with van der Waals surface area (Å²) in [5, 5.41) is 6.30. The molecule has 0 aliphatic rings. The molecule has 0 unspecified atom stereocenters. The van der Waals surface area contributed by atoms with E-state index < -0.39 is 10.0 Å². The van der Waals surface area contributed by atoms with Crippen LogP contribution in [0.4, 0.5) is 5.69 Å². The van der Waals surface area contributed by atoms with Crippen molar-refractivity contribution >= 4 is 15.7 Å². The van der Waals surface area contributed by atoms with Crippen molar-refractivity contribution in [1.82, 2.24) is 10.2 Å². The topological polar surface area (TPSA) is 91.9 Å². The van der Waals surface area contributed by atoms with Crippen LogP contribution in [-0.2, 0) is 22.9 Å². The molecule has 0 amide bonds. The zero-order valence-electron chi connectivity index (χ0n) is 15.2. The molecule has 0 aliphatic carbocycles. The smallest absolute Gasteiger partial charge is 0.267 e. The van der Waals surface area contributed by atoms with Crippen molar-refractivity contribution < 1.29 is 8.42 Å². The lowest BCUT2D eigenvalue weighted by Gasteiger charge is -2.09. The van der Waals surface area contributed by atoms with Crippen molar-refractivity contribution in [3.8, 4) is 0 Å². The van der Waals surface area contributed by atoms with E-state index in [1.54, 1.807) is 49.4 Å². The minimum absolute atomic E-state index is 0.172. The lowest BCUT2D eigenvalue weighted by Crippen LogP contribution is -2.15. The SMILES string of the molecule is CCc1ccc(NS(=O)(=O)c2ccc(Cc3cc(C)n[nH]c3=O)cc2)cc1. The Morgan fingerprint density at radius 2 is 1.63 bits per heavy atom. The maximum atomic E-state index is 12.6. The van der Waals surface area contributed by atoms with Gasteiger partial charge in [0.15, 0.2) is 0 Å². The molecular formula is C20H21N3O3S. The number of benzene rings is 2. The molecule has 0 fully saturated rings. The third kappa shape index (κ3) is 4.62. The lowest BCUT2D eigenvalue weighted by atomic mass is 10.1. The van der Waals surface area contributed by atoms with Gasteiger partial charge in [0.05, 0.1) is 10.6 Å². The number of anilines is 1. The van der Waals surface area contributed by atoms with Gasteiger partial charge in [0.2, 0.25) is 0 Å². The number of hydrogen-bond acceptors (Lipinski definition) is 4. The molecule has 3 aromatic rings. The van der Waals surface area contributed by atoms with E-state index in [0.717, 1.165) is 23.2 Å². The standard InChI is InChI=1S/C20H21N3O3S/c1-3-15-4-8-18(9-5-15)23-27(25,26)19-10-6-16(7-11-19)13-17-12-14(2)21-22-20(17)24/h4-12,23H,3,13H2,1-2H3,(H,22,24). The van der Waals surface area contributed by atoms with Crippen LogP contribution in [-0.4, -0.2) is 18.6 Å². The Bertz CT molecular complexity index is 1090. The molecule has 3 rings (SSSR count). The number of aromatic nitrogens is 2. The summed E-state index contributed by atoms with van der Waals surface area (Å²) in [5.41, 5.74) is 3.58. The number of nitrogens with one attached hydrogen (secondary N) is 2. The first-order valence-electron chi connectivity index (χ1n) is 8.63. The molecular weight excluding hydrogens is 362 g/mol. The third-order valence-corrected chi connectivity index (χ3v) is 5.65. The summed E-state index contributed by atoms with van der Waals surface area (Å²) in [7, 11) is -3.67. The van der Waals surface area contributed by atoms with Gasteiger partial charge in [0.1, 0.15) is 0 Å². The van der Waals surface area contributed by atoms with Gasteiger partial charge in [0.25, 0.3) is 15.6 Å². The van der Waals surface area contributed by atoms with Crippen molar-refractivity contribution in [1.29, 1.82) is 0 Å². The Labute approximate surface area is 158 Å². The largest absolute Gasteiger partial charge is 0.280 e. The minimum Gasteiger partial charge on any atom is -0.280 e. The maximum Gasteiger partial charge on any atom is 0.267 e. The highest BCUT2D eigenvalue weighted by Gasteiger charge is 2.14. The molecule has 140 valence electrons. The molecule has 6 nitrogen and oxygen atoms in total. The molecule has 0 aliphatic heterocycles. The fourth-order valence-corrected chi connectivity index (χ4v) is 3.78. The summed E-state index contributed by atoms with van der Waals surface area (Å²) in [6, 6.07) is 15.5. The zero-order chi connectivity index (χ0) is 19.4. The van der Waals surface area contributed by atoms with Gasteiger partial charge < -0.3 is 0 Å². The van der Waals surface area contributed by atoms with Crippen LogP contribution in [0.3, 0.4) is 0 Å². The van der Waals surface area contributed by atoms with Crippen LogP contribution in [0.5, 0.6) is 0 Å². The molecule has 1 aromatic heterocycles. The zero-order valence-corrected chi connectivity index (χ0v) is 16.0. The monoisotopic (exact) mass is 383 g/mol. The van der Waals surface area contributed by atoms with Crippen molar-refractivity contribution in [3.05, 3.63) is 87.3 Å². The number of sulfonamides is 1. The normalized spacial score (nSPS) is 11.3. The fraction of sp³-hybridized carbons (Fsp3) is 0.200. The van der Waals surface area contributed by atoms with Gasteiger partial charge >= 0.3 is 0 Å². The van der Waals surface area contributed by atoms with Crippen LogP contribution in [0.15, 0.2) is 64.3 Å². The predicted octanol–water partition coefficient (Wildman–Crippen LogP) is 3.03. The molecule has 0 bridgehead atoms. The summed E-state index contributed by atoms with van der Waals surface area (Å²) in [6.45, 7) is 3.84. The second-order valence-corrected chi connectivity index (χ2v) is 8.02. The van der Waals surface area contributed by atoms with Crippen LogP contribution in [0.2, 0.25) is 0 Å². The van der Waals surface area contributed by atoms with Gasteiger partial charge in [-0.1, -0.05) is 31.2 Å². The van der Waals surface area contributed by atoms with Gasteiger partial charge in [-0.25, -0.2) is 13.5 Å². The first kappa shape index (κ1) is 18.8. The number of hydrogen-bond donors (Lipinski definition) is 2. The van der Waals surface area contributed by atoms with Gasteiger partial charge in [0, 0.05) is 17.7 Å². The number of aromatic amines is 1. The first-order valence-corrected chi connectivity index (χ1v) is 10.1.